The van der Waals surface area contributed by atoms with Crippen LogP contribution < -0.4 is 0 Å². The summed E-state index contributed by atoms with van der Waals surface area (Å²) in [7, 11) is 0. The lowest BCUT2D eigenvalue weighted by Gasteiger charge is -2.17. The van der Waals surface area contributed by atoms with Gasteiger partial charge in [0.1, 0.15) is 11.6 Å². The second-order valence-electron chi connectivity index (χ2n) is 4.61. The van der Waals surface area contributed by atoms with Gasteiger partial charge in [0.05, 0.1) is 12.3 Å². The van der Waals surface area contributed by atoms with Crippen LogP contribution in [0.15, 0.2) is 24.3 Å². The molecule has 94 valence electrons. The first-order chi connectivity index (χ1) is 8.79. The monoisotopic (exact) mass is 246 g/mol. The molecule has 0 fully saturated rings. The van der Waals surface area contributed by atoms with Gasteiger partial charge in [0, 0.05) is 17.8 Å². The summed E-state index contributed by atoms with van der Waals surface area (Å²) in [5, 5.41) is 9.36. The summed E-state index contributed by atoms with van der Waals surface area (Å²) < 4.78 is 15.4. The average molecular weight is 246 g/mol. The number of imidazole rings is 1. The van der Waals surface area contributed by atoms with Gasteiger partial charge in [-0.05, 0) is 31.4 Å². The number of benzene rings is 1. The van der Waals surface area contributed by atoms with E-state index in [0.29, 0.717) is 0 Å². The Bertz CT molecular complexity index is 577. The highest BCUT2D eigenvalue weighted by Crippen LogP contribution is 2.27. The molecule has 1 aliphatic rings. The topological polar surface area (TPSA) is 38.1 Å². The van der Waals surface area contributed by atoms with Crippen LogP contribution in [-0.4, -0.2) is 14.7 Å². The summed E-state index contributed by atoms with van der Waals surface area (Å²) in [5.74, 6) is 0.513. The molecular formula is C14H15FN2O. The summed E-state index contributed by atoms with van der Waals surface area (Å²) in [6, 6.07) is 6.46. The van der Waals surface area contributed by atoms with Gasteiger partial charge in [0.15, 0.2) is 0 Å². The molecule has 0 unspecified atom stereocenters. The van der Waals surface area contributed by atoms with Crippen molar-refractivity contribution in [2.24, 2.45) is 0 Å². The molecule has 18 heavy (non-hydrogen) atoms. The highest BCUT2D eigenvalue weighted by atomic mass is 19.1. The minimum Gasteiger partial charge on any atom is -0.390 e. The zero-order chi connectivity index (χ0) is 12.5. The van der Waals surface area contributed by atoms with E-state index in [1.165, 1.54) is 12.1 Å². The lowest BCUT2D eigenvalue weighted by atomic mass is 10.1. The third-order valence-electron chi connectivity index (χ3n) is 3.43. The Balaban J connectivity index is 2.14. The summed E-state index contributed by atoms with van der Waals surface area (Å²) in [4.78, 5) is 4.47. The van der Waals surface area contributed by atoms with E-state index in [1.54, 1.807) is 6.07 Å². The maximum absolute atomic E-state index is 13.3. The second-order valence-corrected chi connectivity index (χ2v) is 4.61. The van der Waals surface area contributed by atoms with Crippen LogP contribution >= 0.6 is 0 Å². The van der Waals surface area contributed by atoms with E-state index in [-0.39, 0.29) is 12.4 Å². The van der Waals surface area contributed by atoms with E-state index in [2.05, 4.69) is 9.55 Å². The highest BCUT2D eigenvalue weighted by molar-refractivity contribution is 5.57. The van der Waals surface area contributed by atoms with Crippen molar-refractivity contribution in [1.29, 1.82) is 0 Å². The van der Waals surface area contributed by atoms with E-state index < -0.39 is 0 Å². The molecule has 0 atom stereocenters. The van der Waals surface area contributed by atoms with Crippen molar-refractivity contribution >= 4 is 0 Å². The molecule has 1 aromatic heterocycles. The molecule has 1 aromatic carbocycles. The van der Waals surface area contributed by atoms with Crippen molar-refractivity contribution in [3.63, 3.8) is 0 Å². The van der Waals surface area contributed by atoms with E-state index in [9.17, 15) is 9.50 Å². The molecule has 0 spiro atoms. The standard InChI is InChI=1S/C14H15FN2O/c15-11-5-3-4-10(8-11)14-16-12(9-18)13-6-1-2-7-17(13)14/h3-5,8,18H,1-2,6-7,9H2. The van der Waals surface area contributed by atoms with Crippen LogP contribution in [0, 0.1) is 5.82 Å². The largest absolute Gasteiger partial charge is 0.390 e. The van der Waals surface area contributed by atoms with Gasteiger partial charge < -0.3 is 9.67 Å². The number of aromatic nitrogens is 2. The molecule has 0 amide bonds. The lowest BCUT2D eigenvalue weighted by Crippen LogP contribution is -2.12. The highest BCUT2D eigenvalue weighted by Gasteiger charge is 2.20. The van der Waals surface area contributed by atoms with E-state index in [4.69, 9.17) is 0 Å². The summed E-state index contributed by atoms with van der Waals surface area (Å²) >= 11 is 0. The first-order valence-electron chi connectivity index (χ1n) is 6.24. The molecule has 4 heteroatoms. The van der Waals surface area contributed by atoms with E-state index in [0.717, 1.165) is 48.6 Å². The first kappa shape index (κ1) is 11.4. The van der Waals surface area contributed by atoms with Gasteiger partial charge in [0.2, 0.25) is 0 Å². The molecule has 0 saturated carbocycles. The van der Waals surface area contributed by atoms with Crippen molar-refractivity contribution in [2.75, 3.05) is 0 Å². The second kappa shape index (κ2) is 4.53. The molecule has 0 saturated heterocycles. The smallest absolute Gasteiger partial charge is 0.140 e. The van der Waals surface area contributed by atoms with Crippen molar-refractivity contribution in [2.45, 2.75) is 32.4 Å². The minimum absolute atomic E-state index is 0.0509. The maximum atomic E-state index is 13.3. The average Bonchev–Trinajstić information content (AvgIpc) is 2.77. The van der Waals surface area contributed by atoms with Crippen LogP contribution in [0.3, 0.4) is 0 Å². The number of halogens is 1. The van der Waals surface area contributed by atoms with E-state index in [1.807, 2.05) is 6.07 Å². The van der Waals surface area contributed by atoms with E-state index >= 15 is 0 Å². The van der Waals surface area contributed by atoms with Crippen LogP contribution in [-0.2, 0) is 19.6 Å². The summed E-state index contributed by atoms with van der Waals surface area (Å²) in [5.41, 5.74) is 2.61. The zero-order valence-corrected chi connectivity index (χ0v) is 10.1. The molecule has 3 rings (SSSR count). The van der Waals surface area contributed by atoms with Gasteiger partial charge >= 0.3 is 0 Å². The normalized spacial score (nSPS) is 14.6. The quantitative estimate of drug-likeness (QED) is 0.884. The van der Waals surface area contributed by atoms with Gasteiger partial charge in [-0.1, -0.05) is 12.1 Å². The van der Waals surface area contributed by atoms with Gasteiger partial charge in [-0.15, -0.1) is 0 Å². The van der Waals surface area contributed by atoms with Crippen molar-refractivity contribution in [3.05, 3.63) is 41.5 Å². The Morgan fingerprint density at radius 3 is 3.00 bits per heavy atom. The van der Waals surface area contributed by atoms with Crippen molar-refractivity contribution in [3.8, 4) is 11.4 Å². The maximum Gasteiger partial charge on any atom is 0.140 e. The molecule has 0 bridgehead atoms. The van der Waals surface area contributed by atoms with Crippen LogP contribution in [0.25, 0.3) is 11.4 Å². The van der Waals surface area contributed by atoms with Gasteiger partial charge in [-0.2, -0.15) is 0 Å². The summed E-state index contributed by atoms with van der Waals surface area (Å²) in [6.45, 7) is 0.846. The molecule has 1 aliphatic heterocycles. The molecule has 0 radical (unpaired) electrons. The Morgan fingerprint density at radius 2 is 2.22 bits per heavy atom. The summed E-state index contributed by atoms with van der Waals surface area (Å²) in [6.07, 6.45) is 3.18. The Hall–Kier alpha value is -1.68. The van der Waals surface area contributed by atoms with Crippen LogP contribution in [0.4, 0.5) is 4.39 Å². The minimum atomic E-state index is -0.258. The predicted molar refractivity (Wildman–Crippen MR) is 66.5 cm³/mol. The van der Waals surface area contributed by atoms with Crippen LogP contribution in [0.5, 0.6) is 0 Å². The molecule has 0 aliphatic carbocycles. The number of rotatable bonds is 2. The molecular weight excluding hydrogens is 231 g/mol. The number of aliphatic hydroxyl groups excluding tert-OH is 1. The fourth-order valence-corrected chi connectivity index (χ4v) is 2.59. The molecule has 2 aromatic rings. The molecule has 3 nitrogen and oxygen atoms in total. The number of hydrogen-bond acceptors (Lipinski definition) is 2. The predicted octanol–water partition coefficient (Wildman–Crippen LogP) is 2.52. The number of hydrogen-bond donors (Lipinski definition) is 1. The number of fused-ring (bicyclic) bond motifs is 1. The molecule has 2 heterocycles. The van der Waals surface area contributed by atoms with Gasteiger partial charge in [0.25, 0.3) is 0 Å². The van der Waals surface area contributed by atoms with Crippen LogP contribution in [0.1, 0.15) is 24.2 Å². The fraction of sp³-hybridized carbons (Fsp3) is 0.357. The molecule has 1 N–H and O–H groups in total. The zero-order valence-electron chi connectivity index (χ0n) is 10.1. The van der Waals surface area contributed by atoms with Crippen molar-refractivity contribution in [1.82, 2.24) is 9.55 Å². The number of nitrogens with zero attached hydrogens (tertiary/aromatic N) is 2. The van der Waals surface area contributed by atoms with Crippen LogP contribution in [0.2, 0.25) is 0 Å². The van der Waals surface area contributed by atoms with Crippen molar-refractivity contribution < 1.29 is 9.50 Å². The third kappa shape index (κ3) is 1.82. The Labute approximate surface area is 105 Å². The Kier molecular flexibility index (Phi) is 2.88. The number of aliphatic hydroxyl groups is 1. The lowest BCUT2D eigenvalue weighted by molar-refractivity contribution is 0.275. The third-order valence-corrected chi connectivity index (χ3v) is 3.43. The fourth-order valence-electron chi connectivity index (χ4n) is 2.59. The Morgan fingerprint density at radius 1 is 1.33 bits per heavy atom. The van der Waals surface area contributed by atoms with Gasteiger partial charge in [-0.3, -0.25) is 0 Å². The SMILES string of the molecule is OCc1nc(-c2cccc(F)c2)n2c1CCCC2. The first-order valence-corrected chi connectivity index (χ1v) is 6.24. The van der Waals surface area contributed by atoms with Gasteiger partial charge in [-0.25, -0.2) is 9.37 Å².